The van der Waals surface area contributed by atoms with E-state index >= 15 is 0 Å². The normalized spacial score (nSPS) is 10.9. The molecule has 0 aliphatic heterocycles. The summed E-state index contributed by atoms with van der Waals surface area (Å²) in [5, 5.41) is 7.70. The molecule has 0 spiro atoms. The molecule has 0 saturated carbocycles. The molecular weight excluding hydrogens is 278 g/mol. The van der Waals surface area contributed by atoms with Gasteiger partial charge in [-0.15, -0.1) is 0 Å². The molecule has 0 radical (unpaired) electrons. The van der Waals surface area contributed by atoms with Crippen LogP contribution in [0.2, 0.25) is 0 Å². The Morgan fingerprint density at radius 3 is 2.82 bits per heavy atom. The van der Waals surface area contributed by atoms with Crippen LogP contribution in [0.3, 0.4) is 0 Å². The number of rotatable bonds is 4. The third kappa shape index (κ3) is 2.31. The monoisotopic (exact) mass is 291 g/mol. The van der Waals surface area contributed by atoms with Crippen molar-refractivity contribution in [3.05, 3.63) is 67.0 Å². The van der Waals surface area contributed by atoms with Crippen LogP contribution in [0.5, 0.6) is 0 Å². The average Bonchev–Trinajstić information content (AvgIpc) is 3.24. The summed E-state index contributed by atoms with van der Waals surface area (Å²) >= 11 is 0. The van der Waals surface area contributed by atoms with E-state index in [4.69, 9.17) is 4.42 Å². The molecule has 0 aliphatic carbocycles. The third-order valence-corrected chi connectivity index (χ3v) is 3.40. The van der Waals surface area contributed by atoms with Crippen molar-refractivity contribution in [2.75, 3.05) is 5.32 Å². The second-order valence-electron chi connectivity index (χ2n) is 4.85. The number of anilines is 1. The highest BCUT2D eigenvalue weighted by molar-refractivity contribution is 5.65. The maximum Gasteiger partial charge on any atom is 0.157 e. The number of hydrogen-bond acceptors (Lipinski definition) is 5. The lowest BCUT2D eigenvalue weighted by Crippen LogP contribution is -2.06. The van der Waals surface area contributed by atoms with Gasteiger partial charge in [-0.3, -0.25) is 4.98 Å². The van der Waals surface area contributed by atoms with Crippen molar-refractivity contribution in [1.29, 1.82) is 0 Å². The zero-order valence-electron chi connectivity index (χ0n) is 11.7. The van der Waals surface area contributed by atoms with E-state index in [2.05, 4.69) is 20.4 Å². The van der Waals surface area contributed by atoms with Crippen LogP contribution in [0.1, 0.15) is 5.56 Å². The number of furan rings is 1. The molecule has 6 heteroatoms. The van der Waals surface area contributed by atoms with E-state index in [0.717, 1.165) is 28.3 Å². The van der Waals surface area contributed by atoms with Crippen LogP contribution >= 0.6 is 0 Å². The second kappa shape index (κ2) is 5.33. The number of nitrogens with one attached hydrogen (secondary N) is 1. The molecule has 108 valence electrons. The minimum atomic E-state index is 0.687. The quantitative estimate of drug-likeness (QED) is 0.626. The molecule has 0 unspecified atom stereocenters. The molecular formula is C16H13N5O. The van der Waals surface area contributed by atoms with Gasteiger partial charge < -0.3 is 9.73 Å². The molecule has 6 nitrogen and oxygen atoms in total. The van der Waals surface area contributed by atoms with E-state index < -0.39 is 0 Å². The molecule has 22 heavy (non-hydrogen) atoms. The van der Waals surface area contributed by atoms with Gasteiger partial charge in [0.25, 0.3) is 0 Å². The minimum absolute atomic E-state index is 0.687. The highest BCUT2D eigenvalue weighted by Gasteiger charge is 2.09. The summed E-state index contributed by atoms with van der Waals surface area (Å²) < 4.78 is 6.92. The number of fused-ring (bicyclic) bond motifs is 1. The fourth-order valence-electron chi connectivity index (χ4n) is 2.29. The standard InChI is InChI=1S/C16H13N5O/c1-5-17-6-2-12(1)10-18-16-9-14(13-4-8-22-11-13)20-15-3-7-19-21(15)16/h1-9,11,18H,10H2. The summed E-state index contributed by atoms with van der Waals surface area (Å²) in [7, 11) is 0. The highest BCUT2D eigenvalue weighted by Crippen LogP contribution is 2.22. The first-order valence-corrected chi connectivity index (χ1v) is 6.90. The van der Waals surface area contributed by atoms with Gasteiger partial charge in [0.15, 0.2) is 5.65 Å². The second-order valence-corrected chi connectivity index (χ2v) is 4.85. The summed E-state index contributed by atoms with van der Waals surface area (Å²) in [6, 6.07) is 9.69. The van der Waals surface area contributed by atoms with Crippen molar-refractivity contribution in [2.24, 2.45) is 0 Å². The van der Waals surface area contributed by atoms with Crippen molar-refractivity contribution in [3.8, 4) is 11.3 Å². The van der Waals surface area contributed by atoms with Crippen LogP contribution in [0.4, 0.5) is 5.82 Å². The molecule has 0 aromatic carbocycles. The van der Waals surface area contributed by atoms with Crippen molar-refractivity contribution in [3.63, 3.8) is 0 Å². The molecule has 1 N–H and O–H groups in total. The maximum atomic E-state index is 5.14. The smallest absolute Gasteiger partial charge is 0.157 e. The topological polar surface area (TPSA) is 68.2 Å². The van der Waals surface area contributed by atoms with Crippen LogP contribution in [-0.2, 0) is 6.54 Å². The molecule has 0 atom stereocenters. The van der Waals surface area contributed by atoms with Gasteiger partial charge in [0.1, 0.15) is 5.82 Å². The molecule has 0 aliphatic rings. The number of nitrogens with zero attached hydrogens (tertiary/aromatic N) is 4. The van der Waals surface area contributed by atoms with Gasteiger partial charge in [0, 0.05) is 36.6 Å². The van der Waals surface area contributed by atoms with Gasteiger partial charge in [0.2, 0.25) is 0 Å². The summed E-state index contributed by atoms with van der Waals surface area (Å²) in [4.78, 5) is 8.61. The number of aromatic nitrogens is 4. The summed E-state index contributed by atoms with van der Waals surface area (Å²) in [5.74, 6) is 0.878. The Bertz CT molecular complexity index is 883. The largest absolute Gasteiger partial charge is 0.472 e. The Hall–Kier alpha value is -3.15. The highest BCUT2D eigenvalue weighted by atomic mass is 16.3. The van der Waals surface area contributed by atoms with E-state index in [-0.39, 0.29) is 0 Å². The Kier molecular flexibility index (Phi) is 3.05. The van der Waals surface area contributed by atoms with Gasteiger partial charge in [-0.25, -0.2) is 4.98 Å². The molecule has 0 fully saturated rings. The van der Waals surface area contributed by atoms with Gasteiger partial charge in [-0.05, 0) is 23.8 Å². The van der Waals surface area contributed by atoms with Gasteiger partial charge >= 0.3 is 0 Å². The molecule has 4 aromatic heterocycles. The molecule has 0 bridgehead atoms. The zero-order chi connectivity index (χ0) is 14.8. The summed E-state index contributed by atoms with van der Waals surface area (Å²) in [6.07, 6.45) is 8.62. The lowest BCUT2D eigenvalue weighted by atomic mass is 10.2. The lowest BCUT2D eigenvalue weighted by molar-refractivity contribution is 0.568. The van der Waals surface area contributed by atoms with Crippen LogP contribution < -0.4 is 5.32 Å². The van der Waals surface area contributed by atoms with E-state index in [1.807, 2.05) is 30.3 Å². The van der Waals surface area contributed by atoms with Crippen LogP contribution in [0.15, 0.2) is 65.9 Å². The van der Waals surface area contributed by atoms with Gasteiger partial charge in [0.05, 0.1) is 24.4 Å². The van der Waals surface area contributed by atoms with Crippen LogP contribution in [0, 0.1) is 0 Å². The average molecular weight is 291 g/mol. The molecule has 0 amide bonds. The first kappa shape index (κ1) is 12.6. The number of hydrogen-bond donors (Lipinski definition) is 1. The molecule has 0 saturated heterocycles. The lowest BCUT2D eigenvalue weighted by Gasteiger charge is -2.10. The third-order valence-electron chi connectivity index (χ3n) is 3.40. The van der Waals surface area contributed by atoms with E-state index in [1.54, 1.807) is 35.6 Å². The van der Waals surface area contributed by atoms with Crippen LogP contribution in [-0.4, -0.2) is 19.6 Å². The molecule has 4 aromatic rings. The summed E-state index contributed by atoms with van der Waals surface area (Å²) in [6.45, 7) is 0.687. The van der Waals surface area contributed by atoms with Crippen molar-refractivity contribution in [1.82, 2.24) is 19.6 Å². The van der Waals surface area contributed by atoms with Gasteiger partial charge in [-0.1, -0.05) is 0 Å². The fraction of sp³-hybridized carbons (Fsp3) is 0.0625. The first-order chi connectivity index (χ1) is 10.9. The van der Waals surface area contributed by atoms with Gasteiger partial charge in [-0.2, -0.15) is 9.61 Å². The zero-order valence-corrected chi connectivity index (χ0v) is 11.7. The Balaban J connectivity index is 1.71. The molecule has 4 rings (SSSR count). The SMILES string of the molecule is c1cc(CNc2cc(-c3ccoc3)nc3ccnn23)ccn1. The number of pyridine rings is 1. The van der Waals surface area contributed by atoms with Crippen molar-refractivity contribution in [2.45, 2.75) is 6.54 Å². The van der Waals surface area contributed by atoms with Crippen molar-refractivity contribution >= 4 is 11.5 Å². The van der Waals surface area contributed by atoms with Crippen molar-refractivity contribution < 1.29 is 4.42 Å². The Labute approximate surface area is 126 Å². The maximum absolute atomic E-state index is 5.14. The van der Waals surface area contributed by atoms with Crippen LogP contribution in [0.25, 0.3) is 16.9 Å². The predicted octanol–water partition coefficient (Wildman–Crippen LogP) is 3.00. The Morgan fingerprint density at radius 2 is 2.00 bits per heavy atom. The predicted molar refractivity (Wildman–Crippen MR) is 82.3 cm³/mol. The van der Waals surface area contributed by atoms with E-state index in [0.29, 0.717) is 6.54 Å². The molecule has 4 heterocycles. The summed E-state index contributed by atoms with van der Waals surface area (Å²) in [5.41, 5.74) is 3.72. The fourth-order valence-corrected chi connectivity index (χ4v) is 2.29. The van der Waals surface area contributed by atoms with E-state index in [1.165, 1.54) is 0 Å². The van der Waals surface area contributed by atoms with E-state index in [9.17, 15) is 0 Å². The Morgan fingerprint density at radius 1 is 1.09 bits per heavy atom. The first-order valence-electron chi connectivity index (χ1n) is 6.90. The minimum Gasteiger partial charge on any atom is -0.472 e.